The zero-order valence-corrected chi connectivity index (χ0v) is 15.3. The van der Waals surface area contributed by atoms with Crippen molar-refractivity contribution in [1.29, 1.82) is 0 Å². The van der Waals surface area contributed by atoms with Gasteiger partial charge in [-0.2, -0.15) is 5.10 Å². The molecule has 1 heterocycles. The fraction of sp³-hybridized carbons (Fsp3) is 0.0952. The van der Waals surface area contributed by atoms with Gasteiger partial charge in [-0.15, -0.1) is 0 Å². The van der Waals surface area contributed by atoms with Crippen LogP contribution < -0.4 is 14.9 Å². The summed E-state index contributed by atoms with van der Waals surface area (Å²) in [6, 6.07) is 19.1. The van der Waals surface area contributed by atoms with Crippen LogP contribution in [-0.2, 0) is 11.4 Å². The van der Waals surface area contributed by atoms with Crippen LogP contribution in [0.3, 0.4) is 0 Å². The number of carbonyl (C=O) groups excluding carboxylic acids is 1. The van der Waals surface area contributed by atoms with Crippen LogP contribution in [0.15, 0.2) is 76.2 Å². The molecule has 0 saturated heterocycles. The first kappa shape index (κ1) is 19.7. The molecular formula is C21H18N2O6. The van der Waals surface area contributed by atoms with Crippen LogP contribution in [0.2, 0.25) is 0 Å². The number of ether oxygens (including phenoxy) is 2. The summed E-state index contributed by atoms with van der Waals surface area (Å²) in [6.45, 7) is -0.206. The molecule has 148 valence electrons. The number of carboxylic acid groups (broad SMARTS) is 1. The molecule has 2 aromatic carbocycles. The molecule has 0 aliphatic carbocycles. The molecule has 0 unspecified atom stereocenters. The van der Waals surface area contributed by atoms with Gasteiger partial charge in [-0.1, -0.05) is 18.2 Å². The molecule has 0 atom stereocenters. The molecule has 0 fully saturated rings. The highest BCUT2D eigenvalue weighted by atomic mass is 16.5. The average molecular weight is 394 g/mol. The number of nitrogens with one attached hydrogen (secondary N) is 1. The second-order valence-corrected chi connectivity index (χ2v) is 5.82. The topological polar surface area (TPSA) is 110 Å². The summed E-state index contributed by atoms with van der Waals surface area (Å²) in [7, 11) is 0. The van der Waals surface area contributed by atoms with Crippen LogP contribution in [-0.4, -0.2) is 29.8 Å². The zero-order chi connectivity index (χ0) is 20.5. The fourth-order valence-corrected chi connectivity index (χ4v) is 2.26. The SMILES string of the molecule is O=C(O)COc1ccc(/C=N\NC(=O)c2ccc(COc3ccccc3)o2)cc1. The van der Waals surface area contributed by atoms with Gasteiger partial charge in [-0.05, 0) is 54.1 Å². The minimum Gasteiger partial charge on any atom is -0.486 e. The van der Waals surface area contributed by atoms with E-state index in [0.717, 1.165) is 0 Å². The van der Waals surface area contributed by atoms with Gasteiger partial charge < -0.3 is 19.0 Å². The van der Waals surface area contributed by atoms with Crippen molar-refractivity contribution in [2.75, 3.05) is 6.61 Å². The van der Waals surface area contributed by atoms with E-state index in [2.05, 4.69) is 10.5 Å². The number of carboxylic acids is 1. The predicted octanol–water partition coefficient (Wildman–Crippen LogP) is 3.09. The highest BCUT2D eigenvalue weighted by Crippen LogP contribution is 2.14. The molecule has 0 spiro atoms. The van der Waals surface area contributed by atoms with E-state index in [0.29, 0.717) is 22.8 Å². The van der Waals surface area contributed by atoms with E-state index in [1.807, 2.05) is 30.3 Å². The van der Waals surface area contributed by atoms with E-state index in [4.69, 9.17) is 19.0 Å². The number of benzene rings is 2. The van der Waals surface area contributed by atoms with Crippen LogP contribution in [0.25, 0.3) is 0 Å². The van der Waals surface area contributed by atoms with E-state index in [1.54, 1.807) is 36.4 Å². The number of amides is 1. The maximum absolute atomic E-state index is 12.1. The number of hydrogen-bond acceptors (Lipinski definition) is 6. The number of carbonyl (C=O) groups is 2. The van der Waals surface area contributed by atoms with Crippen molar-refractivity contribution < 1.29 is 28.6 Å². The van der Waals surface area contributed by atoms with Crippen LogP contribution in [0.5, 0.6) is 11.5 Å². The average Bonchev–Trinajstić information content (AvgIpc) is 3.21. The summed E-state index contributed by atoms with van der Waals surface area (Å²) in [5.41, 5.74) is 3.07. The smallest absolute Gasteiger partial charge is 0.341 e. The standard InChI is InChI=1S/C21H18N2O6/c24-20(25)14-28-17-8-6-15(7-9-17)12-22-23-21(26)19-11-10-18(29-19)13-27-16-4-2-1-3-5-16/h1-12H,13-14H2,(H,23,26)(H,24,25)/b22-12-. The normalized spacial score (nSPS) is 10.6. The Bertz CT molecular complexity index is 980. The number of furan rings is 1. The van der Waals surface area contributed by atoms with Gasteiger partial charge in [-0.25, -0.2) is 10.2 Å². The molecule has 2 N–H and O–H groups in total. The summed E-state index contributed by atoms with van der Waals surface area (Å²) >= 11 is 0. The molecule has 8 nitrogen and oxygen atoms in total. The van der Waals surface area contributed by atoms with Crippen LogP contribution in [0, 0.1) is 0 Å². The molecule has 29 heavy (non-hydrogen) atoms. The number of para-hydroxylation sites is 1. The van der Waals surface area contributed by atoms with Gasteiger partial charge in [0.2, 0.25) is 0 Å². The Kier molecular flexibility index (Phi) is 6.62. The number of hydrogen-bond donors (Lipinski definition) is 2. The van der Waals surface area contributed by atoms with Crippen molar-refractivity contribution in [2.45, 2.75) is 6.61 Å². The van der Waals surface area contributed by atoms with Gasteiger partial charge >= 0.3 is 11.9 Å². The van der Waals surface area contributed by atoms with Crippen LogP contribution in [0.1, 0.15) is 21.9 Å². The molecule has 0 aliphatic heterocycles. The zero-order valence-electron chi connectivity index (χ0n) is 15.3. The highest BCUT2D eigenvalue weighted by Gasteiger charge is 2.10. The minimum atomic E-state index is -1.05. The van der Waals surface area contributed by atoms with E-state index >= 15 is 0 Å². The minimum absolute atomic E-state index is 0.117. The molecular weight excluding hydrogens is 376 g/mol. The molecule has 0 bridgehead atoms. The summed E-state index contributed by atoms with van der Waals surface area (Å²) in [5.74, 6) is 0.221. The Hall–Kier alpha value is -4.07. The third-order valence-corrected chi connectivity index (χ3v) is 3.63. The molecule has 3 aromatic rings. The predicted molar refractivity (Wildman–Crippen MR) is 104 cm³/mol. The monoisotopic (exact) mass is 394 g/mol. The van der Waals surface area contributed by atoms with Gasteiger partial charge in [0.05, 0.1) is 6.21 Å². The van der Waals surface area contributed by atoms with Crippen molar-refractivity contribution in [1.82, 2.24) is 5.43 Å². The first-order valence-electron chi connectivity index (χ1n) is 8.65. The number of aliphatic carboxylic acids is 1. The lowest BCUT2D eigenvalue weighted by atomic mass is 10.2. The summed E-state index contributed by atoms with van der Waals surface area (Å²) < 4.78 is 16.1. The third kappa shape index (κ3) is 6.24. The molecule has 0 aliphatic rings. The van der Waals surface area contributed by atoms with Crippen LogP contribution >= 0.6 is 0 Å². The van der Waals surface area contributed by atoms with Gasteiger partial charge in [-0.3, -0.25) is 4.79 Å². The lowest BCUT2D eigenvalue weighted by Crippen LogP contribution is -2.16. The van der Waals surface area contributed by atoms with Crippen molar-refractivity contribution in [2.24, 2.45) is 5.10 Å². The number of nitrogens with zero attached hydrogens (tertiary/aromatic N) is 1. The summed E-state index contributed by atoms with van der Waals surface area (Å²) in [5, 5.41) is 12.4. The first-order chi connectivity index (χ1) is 14.1. The molecule has 0 radical (unpaired) electrons. The highest BCUT2D eigenvalue weighted by molar-refractivity contribution is 5.92. The Labute approximate surface area is 166 Å². The van der Waals surface area contributed by atoms with E-state index < -0.39 is 18.5 Å². The molecule has 3 rings (SSSR count). The van der Waals surface area contributed by atoms with E-state index in [-0.39, 0.29) is 12.4 Å². The van der Waals surface area contributed by atoms with Crippen molar-refractivity contribution in [3.63, 3.8) is 0 Å². The molecule has 0 saturated carbocycles. The molecule has 8 heteroatoms. The van der Waals surface area contributed by atoms with Crippen molar-refractivity contribution >= 4 is 18.1 Å². The Morgan fingerprint density at radius 2 is 1.69 bits per heavy atom. The first-order valence-corrected chi connectivity index (χ1v) is 8.65. The fourth-order valence-electron chi connectivity index (χ4n) is 2.26. The Morgan fingerprint density at radius 1 is 0.966 bits per heavy atom. The van der Waals surface area contributed by atoms with E-state index in [9.17, 15) is 9.59 Å². The van der Waals surface area contributed by atoms with Crippen molar-refractivity contribution in [3.8, 4) is 11.5 Å². The van der Waals surface area contributed by atoms with Crippen LogP contribution in [0.4, 0.5) is 0 Å². The second kappa shape index (κ2) is 9.75. The summed E-state index contributed by atoms with van der Waals surface area (Å²) in [4.78, 5) is 22.6. The van der Waals surface area contributed by atoms with Gasteiger partial charge in [0, 0.05) is 0 Å². The largest absolute Gasteiger partial charge is 0.486 e. The second-order valence-electron chi connectivity index (χ2n) is 5.82. The molecule has 1 amide bonds. The number of hydrazone groups is 1. The van der Waals surface area contributed by atoms with Crippen molar-refractivity contribution in [3.05, 3.63) is 83.8 Å². The lowest BCUT2D eigenvalue weighted by molar-refractivity contribution is -0.139. The summed E-state index contributed by atoms with van der Waals surface area (Å²) in [6.07, 6.45) is 1.45. The maximum Gasteiger partial charge on any atom is 0.341 e. The van der Waals surface area contributed by atoms with Gasteiger partial charge in [0.15, 0.2) is 12.4 Å². The number of rotatable bonds is 9. The Morgan fingerprint density at radius 3 is 2.41 bits per heavy atom. The maximum atomic E-state index is 12.1. The molecule has 1 aromatic heterocycles. The quantitative estimate of drug-likeness (QED) is 0.426. The van der Waals surface area contributed by atoms with E-state index in [1.165, 1.54) is 6.21 Å². The lowest BCUT2D eigenvalue weighted by Gasteiger charge is -2.03. The Balaban J connectivity index is 1.47. The van der Waals surface area contributed by atoms with Gasteiger partial charge in [0.1, 0.15) is 23.9 Å². The van der Waals surface area contributed by atoms with Gasteiger partial charge in [0.25, 0.3) is 0 Å². The third-order valence-electron chi connectivity index (χ3n) is 3.63.